The fourth-order valence-electron chi connectivity index (χ4n) is 2.30. The highest BCUT2D eigenvalue weighted by Gasteiger charge is 2.37. The summed E-state index contributed by atoms with van der Waals surface area (Å²) in [6, 6.07) is 3.06. The monoisotopic (exact) mass is 283 g/mol. The van der Waals surface area contributed by atoms with Crippen LogP contribution in [-0.4, -0.2) is 48.9 Å². The van der Waals surface area contributed by atoms with Crippen LogP contribution in [0.2, 0.25) is 0 Å². The topological polar surface area (TPSA) is 35.6 Å². The molecule has 1 amide bonds. The van der Waals surface area contributed by atoms with Crippen LogP contribution in [0.1, 0.15) is 18.7 Å². The smallest absolute Gasteiger partial charge is 0.241 e. The van der Waals surface area contributed by atoms with Crippen molar-refractivity contribution in [3.63, 3.8) is 0 Å². The molecule has 1 aromatic rings. The molecule has 1 heterocycles. The fraction of sp³-hybridized carbons (Fsp3) is 0.500. The maximum Gasteiger partial charge on any atom is 0.241 e. The molecule has 1 N–H and O–H groups in total. The lowest BCUT2D eigenvalue weighted by Crippen LogP contribution is -2.36. The Morgan fingerprint density at radius 1 is 1.35 bits per heavy atom. The van der Waals surface area contributed by atoms with Gasteiger partial charge in [0.15, 0.2) is 0 Å². The van der Waals surface area contributed by atoms with E-state index in [1.54, 1.807) is 11.8 Å². The predicted octanol–water partition coefficient (Wildman–Crippen LogP) is 1.35. The maximum atomic E-state index is 13.9. The molecule has 1 aromatic carbocycles. The number of carbonyl (C=O) groups excluding carboxylic acids is 1. The Bertz CT molecular complexity index is 507. The van der Waals surface area contributed by atoms with Crippen molar-refractivity contribution in [2.24, 2.45) is 0 Å². The average Bonchev–Trinajstić information content (AvgIpc) is 2.63. The number of amides is 1. The average molecular weight is 283 g/mol. The Morgan fingerprint density at radius 3 is 2.65 bits per heavy atom. The highest BCUT2D eigenvalue weighted by Crippen LogP contribution is 2.27. The predicted molar refractivity (Wildman–Crippen MR) is 72.0 cm³/mol. The number of likely N-dealkylation sites (N-methyl/N-ethyl adjacent to an activating group) is 1. The van der Waals surface area contributed by atoms with Crippen molar-refractivity contribution >= 4 is 5.91 Å². The zero-order valence-electron chi connectivity index (χ0n) is 11.9. The molecule has 1 fully saturated rings. The van der Waals surface area contributed by atoms with Crippen LogP contribution in [0, 0.1) is 11.6 Å². The lowest BCUT2D eigenvalue weighted by atomic mass is 10.1. The molecule has 0 spiro atoms. The molecule has 0 saturated carbocycles. The van der Waals surface area contributed by atoms with Gasteiger partial charge in [0.05, 0.1) is 6.04 Å². The van der Waals surface area contributed by atoms with E-state index in [1.807, 2.05) is 19.0 Å². The molecule has 0 bridgehead atoms. The second kappa shape index (κ2) is 5.85. The molecule has 0 aromatic heterocycles. The number of hydrogen-bond donors (Lipinski definition) is 1. The van der Waals surface area contributed by atoms with Gasteiger partial charge in [-0.05, 0) is 33.2 Å². The first-order valence-electron chi connectivity index (χ1n) is 6.56. The van der Waals surface area contributed by atoms with Gasteiger partial charge in [-0.3, -0.25) is 10.1 Å². The molecule has 2 atom stereocenters. The molecule has 1 aliphatic rings. The van der Waals surface area contributed by atoms with E-state index >= 15 is 0 Å². The van der Waals surface area contributed by atoms with Gasteiger partial charge in [-0.2, -0.15) is 0 Å². The summed E-state index contributed by atoms with van der Waals surface area (Å²) in [4.78, 5) is 15.7. The Kier molecular flexibility index (Phi) is 4.35. The molecule has 1 aliphatic heterocycles. The Balaban J connectivity index is 2.25. The number of rotatable bonds is 4. The molecule has 2 rings (SSSR count). The van der Waals surface area contributed by atoms with E-state index < -0.39 is 17.8 Å². The van der Waals surface area contributed by atoms with Gasteiger partial charge in [-0.1, -0.05) is 0 Å². The molecule has 2 unspecified atom stereocenters. The Hall–Kier alpha value is -1.53. The first-order valence-corrected chi connectivity index (χ1v) is 6.56. The van der Waals surface area contributed by atoms with E-state index in [2.05, 4.69) is 5.32 Å². The molecule has 20 heavy (non-hydrogen) atoms. The van der Waals surface area contributed by atoms with Gasteiger partial charge < -0.3 is 9.80 Å². The van der Waals surface area contributed by atoms with Crippen molar-refractivity contribution in [2.45, 2.75) is 19.1 Å². The first kappa shape index (κ1) is 14.9. The van der Waals surface area contributed by atoms with Gasteiger partial charge >= 0.3 is 0 Å². The fourth-order valence-corrected chi connectivity index (χ4v) is 2.30. The molecular formula is C14H19F2N3O. The summed E-state index contributed by atoms with van der Waals surface area (Å²) < 4.78 is 26.9. The molecule has 4 nitrogen and oxygen atoms in total. The Morgan fingerprint density at radius 2 is 2.05 bits per heavy atom. The third-order valence-corrected chi connectivity index (χ3v) is 3.42. The van der Waals surface area contributed by atoms with Gasteiger partial charge in [0.1, 0.15) is 17.8 Å². The summed E-state index contributed by atoms with van der Waals surface area (Å²) in [6.45, 7) is 2.91. The largest absolute Gasteiger partial charge is 0.320 e. The van der Waals surface area contributed by atoms with E-state index in [4.69, 9.17) is 0 Å². The van der Waals surface area contributed by atoms with Crippen LogP contribution in [0.3, 0.4) is 0 Å². The van der Waals surface area contributed by atoms with Crippen molar-refractivity contribution < 1.29 is 13.6 Å². The van der Waals surface area contributed by atoms with Gasteiger partial charge in [0, 0.05) is 24.7 Å². The lowest BCUT2D eigenvalue weighted by Gasteiger charge is -2.26. The summed E-state index contributed by atoms with van der Waals surface area (Å²) in [5.74, 6) is -1.33. The quantitative estimate of drug-likeness (QED) is 0.906. The minimum atomic E-state index is -0.640. The minimum Gasteiger partial charge on any atom is -0.320 e. The number of hydrogen-bond acceptors (Lipinski definition) is 3. The number of benzene rings is 1. The highest BCUT2D eigenvalue weighted by molar-refractivity contribution is 5.84. The van der Waals surface area contributed by atoms with Gasteiger partial charge in [0.25, 0.3) is 0 Å². The molecule has 0 radical (unpaired) electrons. The van der Waals surface area contributed by atoms with Crippen molar-refractivity contribution in [2.75, 3.05) is 27.2 Å². The zero-order valence-corrected chi connectivity index (χ0v) is 11.9. The van der Waals surface area contributed by atoms with Crippen molar-refractivity contribution in [1.82, 2.24) is 15.1 Å². The number of nitrogens with one attached hydrogen (secondary N) is 1. The summed E-state index contributed by atoms with van der Waals surface area (Å²) in [7, 11) is 3.82. The molecule has 6 heteroatoms. The SMILES string of the molecule is CC1NC(c2ccc(F)cc2F)N(CCN(C)C)C1=O. The van der Waals surface area contributed by atoms with Crippen LogP contribution in [0.5, 0.6) is 0 Å². The van der Waals surface area contributed by atoms with Crippen LogP contribution in [0.15, 0.2) is 18.2 Å². The second-order valence-corrected chi connectivity index (χ2v) is 5.29. The first-order chi connectivity index (χ1) is 9.40. The van der Waals surface area contributed by atoms with E-state index in [9.17, 15) is 13.6 Å². The number of nitrogens with zero attached hydrogens (tertiary/aromatic N) is 2. The standard InChI is InChI=1S/C14H19F2N3O/c1-9-14(20)19(7-6-18(2)3)13(17-9)11-5-4-10(15)8-12(11)16/h4-5,8-9,13,17H,6-7H2,1-3H3. The minimum absolute atomic E-state index is 0.0689. The third-order valence-electron chi connectivity index (χ3n) is 3.42. The van der Waals surface area contributed by atoms with Crippen LogP contribution < -0.4 is 5.32 Å². The molecular weight excluding hydrogens is 264 g/mol. The van der Waals surface area contributed by atoms with Crippen LogP contribution in [-0.2, 0) is 4.79 Å². The summed E-state index contributed by atoms with van der Waals surface area (Å²) in [5, 5.41) is 3.05. The normalized spacial score (nSPS) is 22.9. The van der Waals surface area contributed by atoms with Crippen molar-refractivity contribution in [1.29, 1.82) is 0 Å². The van der Waals surface area contributed by atoms with E-state index in [0.29, 0.717) is 18.7 Å². The third kappa shape index (κ3) is 2.96. The van der Waals surface area contributed by atoms with Crippen LogP contribution >= 0.6 is 0 Å². The van der Waals surface area contributed by atoms with Gasteiger partial charge in [0.2, 0.25) is 5.91 Å². The van der Waals surface area contributed by atoms with E-state index in [0.717, 1.165) is 6.07 Å². The second-order valence-electron chi connectivity index (χ2n) is 5.29. The van der Waals surface area contributed by atoms with Crippen molar-refractivity contribution in [3.8, 4) is 0 Å². The summed E-state index contributed by atoms with van der Waals surface area (Å²) >= 11 is 0. The molecule has 0 aliphatic carbocycles. The maximum absolute atomic E-state index is 13.9. The van der Waals surface area contributed by atoms with Gasteiger partial charge in [-0.25, -0.2) is 8.78 Å². The molecule has 1 saturated heterocycles. The van der Waals surface area contributed by atoms with Crippen molar-refractivity contribution in [3.05, 3.63) is 35.4 Å². The van der Waals surface area contributed by atoms with E-state index in [-0.39, 0.29) is 11.9 Å². The number of carbonyl (C=O) groups is 1. The highest BCUT2D eigenvalue weighted by atomic mass is 19.1. The Labute approximate surface area is 117 Å². The number of halogens is 2. The summed E-state index contributed by atoms with van der Waals surface area (Å²) in [6.07, 6.45) is -0.543. The molecule has 110 valence electrons. The van der Waals surface area contributed by atoms with Crippen LogP contribution in [0.4, 0.5) is 8.78 Å². The van der Waals surface area contributed by atoms with Crippen LogP contribution in [0.25, 0.3) is 0 Å². The van der Waals surface area contributed by atoms with Gasteiger partial charge in [-0.15, -0.1) is 0 Å². The zero-order chi connectivity index (χ0) is 14.9. The van der Waals surface area contributed by atoms with E-state index in [1.165, 1.54) is 12.1 Å². The lowest BCUT2D eigenvalue weighted by molar-refractivity contribution is -0.130. The summed E-state index contributed by atoms with van der Waals surface area (Å²) in [5.41, 5.74) is 0.294.